The number of ketones is 2. The molecule has 0 fully saturated rings. The van der Waals surface area contributed by atoms with Gasteiger partial charge in [-0.25, -0.2) is 0 Å². The molecule has 6 heteroatoms. The lowest BCUT2D eigenvalue weighted by Crippen LogP contribution is -2.49. The average molecular weight is 366 g/mol. The normalized spacial score (nSPS) is 32.7. The van der Waals surface area contributed by atoms with Gasteiger partial charge in [0.1, 0.15) is 17.8 Å². The number of ether oxygens (including phenoxy) is 1. The molecule has 1 aliphatic heterocycles. The molecule has 0 amide bonds. The summed E-state index contributed by atoms with van der Waals surface area (Å²) in [5.74, 6) is -3.35. The summed E-state index contributed by atoms with van der Waals surface area (Å²) in [5, 5.41) is 20.0. The van der Waals surface area contributed by atoms with Crippen LogP contribution in [0.3, 0.4) is 0 Å². The summed E-state index contributed by atoms with van der Waals surface area (Å²) in [5.41, 5.74) is -0.655. The first-order chi connectivity index (χ1) is 12.0. The topological polar surface area (TPSA) is 101 Å². The minimum absolute atomic E-state index is 0.0277. The average Bonchev–Trinajstić information content (AvgIpc) is 2.56. The van der Waals surface area contributed by atoms with E-state index in [1.165, 1.54) is 6.92 Å². The molecule has 2 N–H and O–H groups in total. The van der Waals surface area contributed by atoms with Gasteiger partial charge in [-0.05, 0) is 38.2 Å². The van der Waals surface area contributed by atoms with Crippen LogP contribution in [0.4, 0.5) is 0 Å². The zero-order valence-corrected chi connectivity index (χ0v) is 16.1. The van der Waals surface area contributed by atoms with Crippen molar-refractivity contribution in [3.8, 4) is 0 Å². The lowest BCUT2D eigenvalue weighted by atomic mass is 9.83. The first-order valence-electron chi connectivity index (χ1n) is 8.99. The second-order valence-corrected chi connectivity index (χ2v) is 7.38. The number of aliphatic hydroxyl groups is 2. The second kappa shape index (κ2) is 9.24. The number of hydrogen-bond donors (Lipinski definition) is 2. The van der Waals surface area contributed by atoms with E-state index in [4.69, 9.17) is 4.74 Å². The van der Waals surface area contributed by atoms with Crippen LogP contribution in [0.1, 0.15) is 53.4 Å². The molecule has 6 nitrogen and oxygen atoms in total. The molecule has 0 aromatic rings. The highest BCUT2D eigenvalue weighted by Crippen LogP contribution is 2.25. The van der Waals surface area contributed by atoms with E-state index >= 15 is 0 Å². The Kier molecular flexibility index (Phi) is 7.90. The molecule has 1 aliphatic rings. The Morgan fingerprint density at radius 3 is 2.42 bits per heavy atom. The third-order valence-corrected chi connectivity index (χ3v) is 4.71. The molecular formula is C20H30O6. The predicted molar refractivity (Wildman–Crippen MR) is 97.3 cm³/mol. The van der Waals surface area contributed by atoms with E-state index in [9.17, 15) is 24.6 Å². The molecule has 0 saturated heterocycles. The van der Waals surface area contributed by atoms with Gasteiger partial charge in [-0.15, -0.1) is 0 Å². The molecule has 0 saturated carbocycles. The summed E-state index contributed by atoms with van der Waals surface area (Å²) in [6.07, 6.45) is 2.07. The molecule has 1 rings (SSSR count). The van der Waals surface area contributed by atoms with E-state index in [1.807, 2.05) is 26.8 Å². The minimum Gasteiger partial charge on any atom is -0.457 e. The van der Waals surface area contributed by atoms with Crippen LogP contribution < -0.4 is 0 Å². The molecule has 0 aliphatic carbocycles. The van der Waals surface area contributed by atoms with Crippen molar-refractivity contribution in [1.82, 2.24) is 0 Å². The molecule has 4 atom stereocenters. The first kappa shape index (κ1) is 22.3. The fraction of sp³-hybridized carbons (Fsp3) is 0.650. The summed E-state index contributed by atoms with van der Waals surface area (Å²) in [7, 11) is 0. The summed E-state index contributed by atoms with van der Waals surface area (Å²) in [6.45, 7) is 9.96. The molecule has 146 valence electrons. The van der Waals surface area contributed by atoms with Crippen LogP contribution in [0, 0.1) is 11.8 Å². The highest BCUT2D eigenvalue weighted by atomic mass is 16.5. The predicted octanol–water partition coefficient (Wildman–Crippen LogP) is 2.13. The van der Waals surface area contributed by atoms with Crippen molar-refractivity contribution in [2.45, 2.75) is 65.1 Å². The largest absolute Gasteiger partial charge is 0.457 e. The van der Waals surface area contributed by atoms with E-state index < -0.39 is 42.4 Å². The Morgan fingerprint density at radius 1 is 1.27 bits per heavy atom. The van der Waals surface area contributed by atoms with Crippen molar-refractivity contribution in [2.75, 3.05) is 6.61 Å². The van der Waals surface area contributed by atoms with Crippen LogP contribution in [0.15, 0.2) is 23.8 Å². The van der Waals surface area contributed by atoms with Gasteiger partial charge < -0.3 is 14.9 Å². The van der Waals surface area contributed by atoms with Crippen molar-refractivity contribution >= 4 is 17.5 Å². The molecule has 0 radical (unpaired) electrons. The summed E-state index contributed by atoms with van der Waals surface area (Å²) >= 11 is 0. The molecule has 0 aromatic carbocycles. The van der Waals surface area contributed by atoms with Crippen LogP contribution in [0.2, 0.25) is 0 Å². The maximum atomic E-state index is 12.5. The lowest BCUT2D eigenvalue weighted by molar-refractivity contribution is -0.163. The molecule has 4 unspecified atom stereocenters. The number of carbonyl (C=O) groups is 3. The smallest absolute Gasteiger partial charge is 0.316 e. The molecule has 1 heterocycles. The maximum Gasteiger partial charge on any atom is 0.316 e. The van der Waals surface area contributed by atoms with E-state index in [0.29, 0.717) is 12.8 Å². The Labute approximate surface area is 154 Å². The number of esters is 1. The number of cyclic esters (lactones) is 1. The Balaban J connectivity index is 3.26. The van der Waals surface area contributed by atoms with Crippen LogP contribution in [-0.2, 0) is 19.1 Å². The number of hydrogen-bond acceptors (Lipinski definition) is 6. The molecular weight excluding hydrogens is 336 g/mol. The van der Waals surface area contributed by atoms with Gasteiger partial charge in [0.25, 0.3) is 0 Å². The standard InChI is InChI=1S/C20H30O6/c1-6-17-14(4)8-12(2)7-13(3)9-16(22)10-20(25,11-21)18(23)15(5)19(24)26-17/h8,13,15,17,21,25H,2,6-7,9-11H2,1,3-5H3. The van der Waals surface area contributed by atoms with Gasteiger partial charge in [0.15, 0.2) is 11.4 Å². The van der Waals surface area contributed by atoms with Crippen molar-refractivity contribution in [2.24, 2.45) is 11.8 Å². The SMILES string of the molecule is C=C1C=C(C)C(CC)OC(=O)C(C)C(=O)C(O)(CO)CC(=O)CC(C)C1. The minimum atomic E-state index is -2.27. The van der Waals surface area contributed by atoms with Gasteiger partial charge in [-0.3, -0.25) is 14.4 Å². The van der Waals surface area contributed by atoms with Crippen molar-refractivity contribution in [1.29, 1.82) is 0 Å². The Bertz CT molecular complexity index is 605. The van der Waals surface area contributed by atoms with Crippen LogP contribution in [-0.4, -0.2) is 46.1 Å². The summed E-state index contributed by atoms with van der Waals surface area (Å²) in [4.78, 5) is 37.2. The number of Topliss-reactive ketones (excluding diaryl/α,β-unsaturated/α-hetero) is 2. The lowest BCUT2D eigenvalue weighted by Gasteiger charge is -2.28. The van der Waals surface area contributed by atoms with Crippen LogP contribution in [0.25, 0.3) is 0 Å². The zero-order valence-electron chi connectivity index (χ0n) is 16.1. The van der Waals surface area contributed by atoms with Crippen molar-refractivity contribution < 1.29 is 29.3 Å². The van der Waals surface area contributed by atoms with E-state index in [-0.39, 0.29) is 18.1 Å². The van der Waals surface area contributed by atoms with E-state index in [2.05, 4.69) is 6.58 Å². The maximum absolute atomic E-state index is 12.5. The zero-order chi connectivity index (χ0) is 20.1. The molecule has 26 heavy (non-hydrogen) atoms. The van der Waals surface area contributed by atoms with Gasteiger partial charge in [0.2, 0.25) is 0 Å². The van der Waals surface area contributed by atoms with Gasteiger partial charge >= 0.3 is 5.97 Å². The molecule has 0 spiro atoms. The fourth-order valence-electron chi connectivity index (χ4n) is 3.25. The number of rotatable bonds is 2. The van der Waals surface area contributed by atoms with Gasteiger partial charge in [-0.2, -0.15) is 0 Å². The van der Waals surface area contributed by atoms with E-state index in [0.717, 1.165) is 11.1 Å². The Hall–Kier alpha value is -1.79. The van der Waals surface area contributed by atoms with Gasteiger partial charge in [0, 0.05) is 12.8 Å². The molecule has 0 aromatic heterocycles. The monoisotopic (exact) mass is 366 g/mol. The highest BCUT2D eigenvalue weighted by molar-refractivity contribution is 6.05. The number of allylic oxidation sites excluding steroid dienone is 2. The molecule has 0 bridgehead atoms. The highest BCUT2D eigenvalue weighted by Gasteiger charge is 2.43. The fourth-order valence-corrected chi connectivity index (χ4v) is 3.25. The van der Waals surface area contributed by atoms with Crippen molar-refractivity contribution in [3.63, 3.8) is 0 Å². The number of aliphatic hydroxyl groups excluding tert-OH is 1. The summed E-state index contributed by atoms with van der Waals surface area (Å²) < 4.78 is 5.43. The van der Waals surface area contributed by atoms with Gasteiger partial charge in [0.05, 0.1) is 6.61 Å². The second-order valence-electron chi connectivity index (χ2n) is 7.38. The Morgan fingerprint density at radius 2 is 1.88 bits per heavy atom. The number of carbonyl (C=O) groups excluding carboxylic acids is 3. The van der Waals surface area contributed by atoms with Gasteiger partial charge in [-0.1, -0.05) is 32.1 Å². The first-order valence-corrected chi connectivity index (χ1v) is 8.99. The quantitative estimate of drug-likeness (QED) is 0.573. The third-order valence-electron chi connectivity index (χ3n) is 4.71. The van der Waals surface area contributed by atoms with Crippen LogP contribution >= 0.6 is 0 Å². The van der Waals surface area contributed by atoms with E-state index in [1.54, 1.807) is 0 Å². The third kappa shape index (κ3) is 5.61. The van der Waals surface area contributed by atoms with Crippen LogP contribution in [0.5, 0.6) is 0 Å². The summed E-state index contributed by atoms with van der Waals surface area (Å²) in [6, 6.07) is 0. The van der Waals surface area contributed by atoms with Crippen molar-refractivity contribution in [3.05, 3.63) is 23.8 Å².